The maximum Gasteiger partial charge on any atom is 0.586 e. The number of aryl methyl sites for hydroxylation is 1. The topological polar surface area (TPSA) is 38.8 Å². The van der Waals surface area contributed by atoms with Crippen molar-refractivity contribution < 1.29 is 23.0 Å². The van der Waals surface area contributed by atoms with Crippen LogP contribution in [0.3, 0.4) is 0 Å². The molecule has 2 bridgehead atoms. The van der Waals surface area contributed by atoms with Crippen molar-refractivity contribution in [3.05, 3.63) is 59.2 Å². The van der Waals surface area contributed by atoms with Crippen molar-refractivity contribution in [2.45, 2.75) is 56.9 Å². The van der Waals surface area contributed by atoms with Crippen molar-refractivity contribution in [3.8, 4) is 11.5 Å². The molecule has 3 aliphatic rings. The van der Waals surface area contributed by atoms with Gasteiger partial charge in [-0.3, -0.25) is 4.79 Å². The Morgan fingerprint density at radius 2 is 1.64 bits per heavy atom. The number of amides is 1. The van der Waals surface area contributed by atoms with Gasteiger partial charge in [-0.1, -0.05) is 29.8 Å². The van der Waals surface area contributed by atoms with Gasteiger partial charge < -0.3 is 14.4 Å². The number of fused-ring (bicyclic) bond motifs is 3. The molecule has 28 heavy (non-hydrogen) atoms. The van der Waals surface area contributed by atoms with E-state index < -0.39 is 6.29 Å². The zero-order chi connectivity index (χ0) is 19.5. The Bertz CT molecular complexity index is 914. The van der Waals surface area contributed by atoms with Crippen molar-refractivity contribution in [2.24, 2.45) is 0 Å². The average Bonchev–Trinajstić information content (AvgIpc) is 3.11. The highest BCUT2D eigenvalue weighted by Gasteiger charge is 2.46. The first-order valence-electron chi connectivity index (χ1n) is 9.69. The lowest BCUT2D eigenvalue weighted by molar-refractivity contribution is -0.286. The summed E-state index contributed by atoms with van der Waals surface area (Å²) in [4.78, 5) is 15.1. The van der Waals surface area contributed by atoms with Gasteiger partial charge in [-0.25, -0.2) is 0 Å². The Morgan fingerprint density at radius 3 is 2.32 bits per heavy atom. The fraction of sp³-hybridized carbons (Fsp3) is 0.409. The zero-order valence-electron chi connectivity index (χ0n) is 15.5. The number of alkyl halides is 2. The van der Waals surface area contributed by atoms with Crippen LogP contribution in [-0.4, -0.2) is 29.2 Å². The number of ether oxygens (including phenoxy) is 2. The monoisotopic (exact) mass is 385 g/mol. The molecule has 146 valence electrons. The number of benzene rings is 2. The Balaban J connectivity index is 1.36. The minimum Gasteiger partial charge on any atom is -0.395 e. The lowest BCUT2D eigenvalue weighted by Gasteiger charge is -2.39. The number of piperidine rings is 1. The molecule has 6 heteroatoms. The van der Waals surface area contributed by atoms with Gasteiger partial charge >= 0.3 is 6.29 Å². The Kier molecular flexibility index (Phi) is 3.86. The molecule has 0 aliphatic carbocycles. The van der Waals surface area contributed by atoms with Gasteiger partial charge in [0.05, 0.1) is 0 Å². The van der Waals surface area contributed by atoms with E-state index in [0.717, 1.165) is 25.7 Å². The molecule has 0 saturated carbocycles. The van der Waals surface area contributed by atoms with Crippen molar-refractivity contribution in [1.29, 1.82) is 0 Å². The van der Waals surface area contributed by atoms with Gasteiger partial charge in [0, 0.05) is 17.6 Å². The molecule has 2 fully saturated rings. The molecule has 5 rings (SSSR count). The van der Waals surface area contributed by atoms with Crippen molar-refractivity contribution >= 4 is 5.91 Å². The smallest absolute Gasteiger partial charge is 0.395 e. The lowest BCUT2D eigenvalue weighted by atomic mass is 9.84. The van der Waals surface area contributed by atoms with E-state index in [4.69, 9.17) is 0 Å². The molecule has 2 aromatic carbocycles. The zero-order valence-corrected chi connectivity index (χ0v) is 15.5. The van der Waals surface area contributed by atoms with E-state index in [1.165, 1.54) is 29.3 Å². The van der Waals surface area contributed by atoms with Crippen LogP contribution in [-0.2, 0) is 0 Å². The van der Waals surface area contributed by atoms with Gasteiger partial charge in [-0.15, -0.1) is 8.78 Å². The summed E-state index contributed by atoms with van der Waals surface area (Å²) in [5.41, 5.74) is 2.94. The maximum atomic E-state index is 13.2. The summed E-state index contributed by atoms with van der Waals surface area (Å²) in [5.74, 6) is 0.217. The molecule has 0 radical (unpaired) electrons. The van der Waals surface area contributed by atoms with Gasteiger partial charge in [0.25, 0.3) is 5.91 Å². The summed E-state index contributed by atoms with van der Waals surface area (Å²) in [6.45, 7) is 2.08. The number of hydrogen-bond acceptors (Lipinski definition) is 3. The van der Waals surface area contributed by atoms with Crippen LogP contribution in [0.5, 0.6) is 11.5 Å². The number of halogens is 2. The second-order valence-corrected chi connectivity index (χ2v) is 8.01. The molecule has 0 N–H and O–H groups in total. The van der Waals surface area contributed by atoms with E-state index in [1.807, 2.05) is 4.90 Å². The Morgan fingerprint density at radius 1 is 1.00 bits per heavy atom. The SMILES string of the molecule is Cc1ccc(C2C[C@H]3CC[C@@H](C2)N3C(=O)c2ccc3c(c2)OC(F)(F)O3)cc1. The van der Waals surface area contributed by atoms with Crippen LogP contribution in [0.2, 0.25) is 0 Å². The number of carbonyl (C=O) groups excluding carboxylic acids is 1. The average molecular weight is 385 g/mol. The summed E-state index contributed by atoms with van der Waals surface area (Å²) in [5, 5.41) is 0. The number of hydrogen-bond donors (Lipinski definition) is 0. The van der Waals surface area contributed by atoms with Crippen LogP contribution in [0.15, 0.2) is 42.5 Å². The molecule has 4 nitrogen and oxygen atoms in total. The summed E-state index contributed by atoms with van der Waals surface area (Å²) >= 11 is 0. The first-order valence-corrected chi connectivity index (χ1v) is 9.69. The van der Waals surface area contributed by atoms with Gasteiger partial charge in [0.1, 0.15) is 0 Å². The minimum atomic E-state index is -3.67. The molecule has 2 aromatic rings. The van der Waals surface area contributed by atoms with E-state index in [9.17, 15) is 13.6 Å². The van der Waals surface area contributed by atoms with Crippen LogP contribution >= 0.6 is 0 Å². The lowest BCUT2D eigenvalue weighted by Crippen LogP contribution is -2.46. The highest BCUT2D eigenvalue weighted by Crippen LogP contribution is 2.45. The van der Waals surface area contributed by atoms with Crippen molar-refractivity contribution in [1.82, 2.24) is 4.90 Å². The first-order chi connectivity index (χ1) is 13.4. The Hall–Kier alpha value is -2.63. The number of carbonyl (C=O) groups is 1. The van der Waals surface area contributed by atoms with Crippen LogP contribution in [0, 0.1) is 6.92 Å². The van der Waals surface area contributed by atoms with Crippen LogP contribution in [0.1, 0.15) is 53.1 Å². The molecule has 2 saturated heterocycles. The van der Waals surface area contributed by atoms with Gasteiger partial charge in [0.15, 0.2) is 11.5 Å². The molecule has 0 aromatic heterocycles. The molecule has 1 unspecified atom stereocenters. The quantitative estimate of drug-likeness (QED) is 0.741. The third-order valence-electron chi connectivity index (χ3n) is 6.16. The fourth-order valence-corrected chi connectivity index (χ4v) is 4.85. The van der Waals surface area contributed by atoms with Crippen molar-refractivity contribution in [3.63, 3.8) is 0 Å². The molecule has 0 spiro atoms. The second kappa shape index (κ2) is 6.19. The van der Waals surface area contributed by atoms with E-state index in [0.29, 0.717) is 11.5 Å². The largest absolute Gasteiger partial charge is 0.586 e. The Labute approximate surface area is 162 Å². The molecular formula is C22H21F2NO3. The highest BCUT2D eigenvalue weighted by atomic mass is 19.3. The van der Waals surface area contributed by atoms with Crippen LogP contribution in [0.4, 0.5) is 8.78 Å². The van der Waals surface area contributed by atoms with E-state index in [2.05, 4.69) is 40.7 Å². The third-order valence-corrected chi connectivity index (χ3v) is 6.16. The van der Waals surface area contributed by atoms with Gasteiger partial charge in [0.2, 0.25) is 0 Å². The number of nitrogens with zero attached hydrogens (tertiary/aromatic N) is 1. The van der Waals surface area contributed by atoms with E-state index in [1.54, 1.807) is 0 Å². The summed E-state index contributed by atoms with van der Waals surface area (Å²) in [7, 11) is 0. The van der Waals surface area contributed by atoms with E-state index in [-0.39, 0.29) is 29.5 Å². The maximum absolute atomic E-state index is 13.2. The second-order valence-electron chi connectivity index (χ2n) is 8.01. The summed E-state index contributed by atoms with van der Waals surface area (Å²) in [6, 6.07) is 13.3. The molecule has 1 amide bonds. The molecule has 3 aliphatic heterocycles. The molecular weight excluding hydrogens is 364 g/mol. The highest BCUT2D eigenvalue weighted by molar-refractivity contribution is 5.95. The summed E-state index contributed by atoms with van der Waals surface area (Å²) < 4.78 is 35.4. The predicted molar refractivity (Wildman–Crippen MR) is 98.8 cm³/mol. The summed E-state index contributed by atoms with van der Waals surface area (Å²) in [6.07, 6.45) is 0.181. The van der Waals surface area contributed by atoms with Crippen LogP contribution in [0.25, 0.3) is 0 Å². The van der Waals surface area contributed by atoms with Crippen LogP contribution < -0.4 is 9.47 Å². The minimum absolute atomic E-state index is 0.0393. The van der Waals surface area contributed by atoms with E-state index >= 15 is 0 Å². The van der Waals surface area contributed by atoms with Crippen molar-refractivity contribution in [2.75, 3.05) is 0 Å². The first kappa shape index (κ1) is 17.5. The van der Waals surface area contributed by atoms with Gasteiger partial charge in [-0.05, 0) is 62.3 Å². The predicted octanol–water partition coefficient (Wildman–Crippen LogP) is 4.87. The molecule has 3 heterocycles. The fourth-order valence-electron chi connectivity index (χ4n) is 4.85. The molecule has 3 atom stereocenters. The number of rotatable bonds is 2. The normalized spacial score (nSPS) is 27.1. The standard InChI is InChI=1S/C22H21F2NO3/c1-13-2-4-14(5-3-13)16-10-17-7-8-18(11-16)25(17)21(26)15-6-9-19-20(12-15)28-22(23,24)27-19/h2-6,9,12,16-18H,7-8,10-11H2,1H3/t16?,17-,18+. The third kappa shape index (κ3) is 2.91. The van der Waals surface area contributed by atoms with Gasteiger partial charge in [-0.2, -0.15) is 0 Å².